The van der Waals surface area contributed by atoms with E-state index in [2.05, 4.69) is 30.8 Å². The fraction of sp³-hybridized carbons (Fsp3) is 0.280. The van der Waals surface area contributed by atoms with Gasteiger partial charge < -0.3 is 20.9 Å². The average molecular weight is 445 g/mol. The summed E-state index contributed by atoms with van der Waals surface area (Å²) in [5.74, 6) is 0.591. The zero-order valence-electron chi connectivity index (χ0n) is 18.5. The zero-order valence-corrected chi connectivity index (χ0v) is 18.5. The van der Waals surface area contributed by atoms with E-state index in [4.69, 9.17) is 0 Å². The molecule has 4 rings (SSSR count). The molecule has 0 bridgehead atoms. The molecular formula is C25H28N6O2. The Morgan fingerprint density at radius 1 is 0.848 bits per heavy atom. The molecule has 8 heteroatoms. The first-order valence-electron chi connectivity index (χ1n) is 11.2. The molecule has 3 heterocycles. The first kappa shape index (κ1) is 22.3. The van der Waals surface area contributed by atoms with E-state index in [-0.39, 0.29) is 11.9 Å². The van der Waals surface area contributed by atoms with E-state index in [0.717, 1.165) is 42.9 Å². The number of piperidine rings is 1. The number of carbonyl (C=O) groups is 2. The summed E-state index contributed by atoms with van der Waals surface area (Å²) in [7, 11) is 0. The van der Waals surface area contributed by atoms with Gasteiger partial charge in [-0.05, 0) is 66.8 Å². The summed E-state index contributed by atoms with van der Waals surface area (Å²) in [5, 5.41) is 8.63. The number of rotatable bonds is 7. The minimum atomic E-state index is -0.297. The molecule has 3 amide bonds. The minimum Gasteiger partial charge on any atom is -0.356 e. The summed E-state index contributed by atoms with van der Waals surface area (Å²) in [6.45, 7) is 2.61. The smallest absolute Gasteiger partial charge is 0.319 e. The van der Waals surface area contributed by atoms with Gasteiger partial charge in [-0.15, -0.1) is 0 Å². The molecule has 1 aliphatic heterocycles. The van der Waals surface area contributed by atoms with Crippen LogP contribution in [0.3, 0.4) is 0 Å². The van der Waals surface area contributed by atoms with Crippen LogP contribution in [0.5, 0.6) is 0 Å². The maximum atomic E-state index is 12.9. The summed E-state index contributed by atoms with van der Waals surface area (Å²) < 4.78 is 0. The van der Waals surface area contributed by atoms with Gasteiger partial charge in [0.2, 0.25) is 0 Å². The number of anilines is 2. The van der Waals surface area contributed by atoms with Crippen LogP contribution in [0.1, 0.15) is 40.7 Å². The molecular weight excluding hydrogens is 416 g/mol. The predicted molar refractivity (Wildman–Crippen MR) is 128 cm³/mol. The number of urea groups is 1. The molecule has 1 saturated heterocycles. The molecule has 1 aromatic carbocycles. The van der Waals surface area contributed by atoms with E-state index < -0.39 is 0 Å². The van der Waals surface area contributed by atoms with Crippen LogP contribution in [0.2, 0.25) is 0 Å². The molecule has 3 aromatic rings. The number of nitrogens with zero attached hydrogens (tertiary/aromatic N) is 3. The van der Waals surface area contributed by atoms with Crippen molar-refractivity contribution in [2.24, 2.45) is 0 Å². The molecule has 1 fully saturated rings. The molecule has 8 nitrogen and oxygen atoms in total. The van der Waals surface area contributed by atoms with Crippen molar-refractivity contribution in [1.29, 1.82) is 0 Å². The Bertz CT molecular complexity index is 1080. The Kier molecular flexibility index (Phi) is 7.48. The van der Waals surface area contributed by atoms with Crippen LogP contribution >= 0.6 is 0 Å². The second-order valence-corrected chi connectivity index (χ2v) is 7.97. The van der Waals surface area contributed by atoms with Gasteiger partial charge in [-0.1, -0.05) is 12.1 Å². The van der Waals surface area contributed by atoms with Crippen LogP contribution in [0.4, 0.5) is 16.3 Å². The molecule has 0 unspecified atom stereocenters. The molecule has 33 heavy (non-hydrogen) atoms. The van der Waals surface area contributed by atoms with Crippen LogP contribution in [-0.4, -0.2) is 35.0 Å². The monoisotopic (exact) mass is 444 g/mol. The lowest BCUT2D eigenvalue weighted by molar-refractivity contribution is 0.0951. The van der Waals surface area contributed by atoms with Crippen LogP contribution in [-0.2, 0) is 13.1 Å². The van der Waals surface area contributed by atoms with Gasteiger partial charge >= 0.3 is 6.03 Å². The van der Waals surface area contributed by atoms with Gasteiger partial charge in [0.25, 0.3) is 5.91 Å². The van der Waals surface area contributed by atoms with Gasteiger partial charge in [0, 0.05) is 50.5 Å². The third kappa shape index (κ3) is 6.29. The molecule has 0 radical (unpaired) electrons. The second-order valence-electron chi connectivity index (χ2n) is 7.97. The van der Waals surface area contributed by atoms with Crippen molar-refractivity contribution in [3.8, 4) is 0 Å². The molecule has 0 atom stereocenters. The highest BCUT2D eigenvalue weighted by Gasteiger charge is 2.19. The van der Waals surface area contributed by atoms with Gasteiger partial charge in [-0.25, -0.2) is 9.78 Å². The fourth-order valence-corrected chi connectivity index (χ4v) is 3.83. The number of nitrogens with one attached hydrogen (secondary N) is 3. The van der Waals surface area contributed by atoms with Crippen LogP contribution in [0, 0.1) is 0 Å². The van der Waals surface area contributed by atoms with Gasteiger partial charge in [-0.3, -0.25) is 9.78 Å². The van der Waals surface area contributed by atoms with E-state index in [1.807, 2.05) is 42.5 Å². The fourth-order valence-electron chi connectivity index (χ4n) is 3.83. The highest BCUT2D eigenvalue weighted by atomic mass is 16.2. The maximum absolute atomic E-state index is 12.9. The Hall–Kier alpha value is -3.94. The normalized spacial score (nSPS) is 13.3. The SMILES string of the molecule is O=C(NCc1ccncc1)Nc1cccc(CNC(=O)c2cccnc2N2CCCCC2)c1. The van der Waals surface area contributed by atoms with E-state index in [1.165, 1.54) is 6.42 Å². The minimum absolute atomic E-state index is 0.155. The lowest BCUT2D eigenvalue weighted by Gasteiger charge is -2.29. The van der Waals surface area contributed by atoms with Gasteiger partial charge in [-0.2, -0.15) is 0 Å². The summed E-state index contributed by atoms with van der Waals surface area (Å²) in [5.41, 5.74) is 3.10. The van der Waals surface area contributed by atoms with Crippen molar-refractivity contribution < 1.29 is 9.59 Å². The summed E-state index contributed by atoms with van der Waals surface area (Å²) in [4.78, 5) is 35.7. The van der Waals surface area contributed by atoms with E-state index in [1.54, 1.807) is 24.7 Å². The maximum Gasteiger partial charge on any atom is 0.319 e. The highest BCUT2D eigenvalue weighted by molar-refractivity contribution is 5.98. The number of benzene rings is 1. The zero-order chi connectivity index (χ0) is 22.9. The number of pyridine rings is 2. The number of hydrogen-bond acceptors (Lipinski definition) is 5. The molecule has 3 N–H and O–H groups in total. The van der Waals surface area contributed by atoms with Crippen LogP contribution < -0.4 is 20.9 Å². The van der Waals surface area contributed by atoms with Gasteiger partial charge in [0.05, 0.1) is 5.56 Å². The van der Waals surface area contributed by atoms with Gasteiger partial charge in [0.15, 0.2) is 0 Å². The van der Waals surface area contributed by atoms with Crippen molar-refractivity contribution in [2.45, 2.75) is 32.4 Å². The van der Waals surface area contributed by atoms with Gasteiger partial charge in [0.1, 0.15) is 5.82 Å². The summed E-state index contributed by atoms with van der Waals surface area (Å²) in [6.07, 6.45) is 8.56. The van der Waals surface area contributed by atoms with Crippen molar-refractivity contribution in [1.82, 2.24) is 20.6 Å². The molecule has 170 valence electrons. The standard InChI is InChI=1S/C25H28N6O2/c32-24(22-8-5-11-27-23(22)31-14-2-1-3-15-31)28-18-20-6-4-7-21(16-20)30-25(33)29-17-19-9-12-26-13-10-19/h4-13,16H,1-3,14-15,17-18H2,(H,28,32)(H2,29,30,33). The third-order valence-corrected chi connectivity index (χ3v) is 5.53. The number of carbonyl (C=O) groups excluding carboxylic acids is 2. The number of aromatic nitrogens is 2. The molecule has 2 aromatic heterocycles. The first-order chi connectivity index (χ1) is 16.2. The van der Waals surface area contributed by atoms with E-state index >= 15 is 0 Å². The topological polar surface area (TPSA) is 99.2 Å². The largest absolute Gasteiger partial charge is 0.356 e. The molecule has 0 spiro atoms. The lowest BCUT2D eigenvalue weighted by Crippen LogP contribution is -2.33. The van der Waals surface area contributed by atoms with E-state index in [0.29, 0.717) is 24.3 Å². The van der Waals surface area contributed by atoms with Crippen molar-refractivity contribution in [2.75, 3.05) is 23.3 Å². The molecule has 0 aliphatic carbocycles. The van der Waals surface area contributed by atoms with Crippen LogP contribution in [0.25, 0.3) is 0 Å². The first-order valence-corrected chi connectivity index (χ1v) is 11.2. The Balaban J connectivity index is 1.32. The van der Waals surface area contributed by atoms with Crippen molar-refractivity contribution in [3.63, 3.8) is 0 Å². The summed E-state index contributed by atoms with van der Waals surface area (Å²) in [6, 6.07) is 14.4. The van der Waals surface area contributed by atoms with Crippen molar-refractivity contribution >= 4 is 23.4 Å². The third-order valence-electron chi connectivity index (χ3n) is 5.53. The number of hydrogen-bond donors (Lipinski definition) is 3. The van der Waals surface area contributed by atoms with Crippen LogP contribution in [0.15, 0.2) is 67.1 Å². The Morgan fingerprint density at radius 3 is 2.45 bits per heavy atom. The molecule has 1 aliphatic rings. The van der Waals surface area contributed by atoms with E-state index in [9.17, 15) is 9.59 Å². The quantitative estimate of drug-likeness (QED) is 0.516. The number of amides is 3. The molecule has 0 saturated carbocycles. The Morgan fingerprint density at radius 2 is 1.64 bits per heavy atom. The summed E-state index contributed by atoms with van der Waals surface area (Å²) >= 11 is 0. The van der Waals surface area contributed by atoms with Crippen molar-refractivity contribution in [3.05, 3.63) is 83.8 Å². The highest BCUT2D eigenvalue weighted by Crippen LogP contribution is 2.21. The predicted octanol–water partition coefficient (Wildman–Crippen LogP) is 3.72. The average Bonchev–Trinajstić information content (AvgIpc) is 2.87. The second kappa shape index (κ2) is 11.1. The lowest BCUT2D eigenvalue weighted by atomic mass is 10.1. The Labute approximate surface area is 193 Å².